The third-order valence-corrected chi connectivity index (χ3v) is 3.21. The zero-order valence-electron chi connectivity index (χ0n) is 13.0. The van der Waals surface area contributed by atoms with Crippen LogP contribution in [-0.2, 0) is 4.79 Å². The summed E-state index contributed by atoms with van der Waals surface area (Å²) in [5.74, 6) is -1.63. The first-order chi connectivity index (χ1) is 11.5. The van der Waals surface area contributed by atoms with Gasteiger partial charge in [0, 0.05) is 18.9 Å². The second-order valence-corrected chi connectivity index (χ2v) is 5.00. The van der Waals surface area contributed by atoms with Gasteiger partial charge in [-0.3, -0.25) is 9.59 Å². The van der Waals surface area contributed by atoms with E-state index in [1.807, 2.05) is 6.92 Å². The predicted octanol–water partition coefficient (Wildman–Crippen LogP) is 1.99. The number of amides is 1. The minimum absolute atomic E-state index is 0.203. The molecule has 0 radical (unpaired) electrons. The van der Waals surface area contributed by atoms with Crippen molar-refractivity contribution in [3.05, 3.63) is 53.6 Å². The highest BCUT2D eigenvalue weighted by Gasteiger charge is 2.19. The molecule has 2 aromatic rings. The highest BCUT2D eigenvalue weighted by atomic mass is 19.1. The first-order valence-corrected chi connectivity index (χ1v) is 7.33. The average molecular weight is 332 g/mol. The molecule has 0 saturated heterocycles. The molecule has 1 aromatic carbocycles. The Bertz CT molecular complexity index is 704. The zero-order valence-corrected chi connectivity index (χ0v) is 13.0. The van der Waals surface area contributed by atoms with Gasteiger partial charge in [0.1, 0.15) is 5.82 Å². The number of nitrogens with zero attached hydrogens (tertiary/aromatic N) is 2. The molecule has 24 heavy (non-hydrogen) atoms. The number of aliphatic carboxylic acids is 1. The van der Waals surface area contributed by atoms with Gasteiger partial charge in [0.25, 0.3) is 5.91 Å². The molecule has 0 aliphatic rings. The molecule has 0 fully saturated rings. The van der Waals surface area contributed by atoms with E-state index in [1.54, 1.807) is 0 Å². The first kappa shape index (κ1) is 17.3. The van der Waals surface area contributed by atoms with Crippen molar-refractivity contribution in [1.29, 1.82) is 0 Å². The minimum atomic E-state index is -1.08. The Morgan fingerprint density at radius 3 is 2.38 bits per heavy atom. The van der Waals surface area contributed by atoms with Crippen LogP contribution < -0.4 is 10.6 Å². The SMILES string of the molecule is CCNc1ncc(C(=O)NC(CC(=O)O)c2ccc(F)cc2)cn1. The maximum absolute atomic E-state index is 13.0. The van der Waals surface area contributed by atoms with Crippen LogP contribution in [0.15, 0.2) is 36.7 Å². The van der Waals surface area contributed by atoms with Crippen LogP contribution in [-0.4, -0.2) is 33.5 Å². The number of carboxylic acids is 1. The van der Waals surface area contributed by atoms with Gasteiger partial charge in [-0.2, -0.15) is 0 Å². The lowest BCUT2D eigenvalue weighted by Gasteiger charge is -2.17. The summed E-state index contributed by atoms with van der Waals surface area (Å²) in [4.78, 5) is 31.3. The van der Waals surface area contributed by atoms with Crippen LogP contribution in [0, 0.1) is 5.82 Å². The van der Waals surface area contributed by atoms with E-state index in [0.29, 0.717) is 18.1 Å². The van der Waals surface area contributed by atoms with Gasteiger partial charge < -0.3 is 15.7 Å². The van der Waals surface area contributed by atoms with Gasteiger partial charge in [-0.15, -0.1) is 0 Å². The Balaban J connectivity index is 2.14. The van der Waals surface area contributed by atoms with E-state index in [4.69, 9.17) is 5.11 Å². The van der Waals surface area contributed by atoms with Gasteiger partial charge in [0.15, 0.2) is 0 Å². The lowest BCUT2D eigenvalue weighted by Crippen LogP contribution is -2.30. The number of carbonyl (C=O) groups excluding carboxylic acids is 1. The summed E-state index contributed by atoms with van der Waals surface area (Å²) in [5.41, 5.74) is 0.700. The summed E-state index contributed by atoms with van der Waals surface area (Å²) in [7, 11) is 0. The van der Waals surface area contributed by atoms with E-state index in [0.717, 1.165) is 0 Å². The van der Waals surface area contributed by atoms with Crippen molar-refractivity contribution in [3.8, 4) is 0 Å². The molecular formula is C16H17FN4O3. The average Bonchev–Trinajstić information content (AvgIpc) is 2.55. The second kappa shape index (κ2) is 8.00. The van der Waals surface area contributed by atoms with Gasteiger partial charge in [-0.1, -0.05) is 12.1 Å². The number of nitrogens with one attached hydrogen (secondary N) is 2. The molecule has 126 valence electrons. The number of aromatic nitrogens is 2. The third kappa shape index (κ3) is 4.73. The molecule has 0 bridgehead atoms. The van der Waals surface area contributed by atoms with Crippen LogP contribution in [0.1, 0.15) is 35.3 Å². The molecule has 7 nitrogen and oxygen atoms in total. The van der Waals surface area contributed by atoms with Crippen LogP contribution in [0.2, 0.25) is 0 Å². The number of hydrogen-bond acceptors (Lipinski definition) is 5. The van der Waals surface area contributed by atoms with Crippen LogP contribution in [0.4, 0.5) is 10.3 Å². The molecule has 0 saturated carbocycles. The Hall–Kier alpha value is -3.03. The van der Waals surface area contributed by atoms with E-state index < -0.39 is 23.7 Å². The van der Waals surface area contributed by atoms with Crippen molar-refractivity contribution in [3.63, 3.8) is 0 Å². The monoisotopic (exact) mass is 332 g/mol. The van der Waals surface area contributed by atoms with Crippen LogP contribution in [0.25, 0.3) is 0 Å². The Kier molecular flexibility index (Phi) is 5.78. The fraction of sp³-hybridized carbons (Fsp3) is 0.250. The smallest absolute Gasteiger partial charge is 0.305 e. The summed E-state index contributed by atoms with van der Waals surface area (Å²) >= 11 is 0. The number of benzene rings is 1. The molecule has 0 aliphatic heterocycles. The molecule has 0 spiro atoms. The van der Waals surface area contributed by atoms with Gasteiger partial charge in [0.2, 0.25) is 5.95 Å². The lowest BCUT2D eigenvalue weighted by molar-refractivity contribution is -0.137. The molecule has 8 heteroatoms. The summed E-state index contributed by atoms with van der Waals surface area (Å²) in [6, 6.07) is 4.51. The highest BCUT2D eigenvalue weighted by Crippen LogP contribution is 2.18. The van der Waals surface area contributed by atoms with Crippen LogP contribution >= 0.6 is 0 Å². The van der Waals surface area contributed by atoms with Crippen LogP contribution in [0.5, 0.6) is 0 Å². The summed E-state index contributed by atoms with van der Waals surface area (Å²) in [6.07, 6.45) is 2.37. The summed E-state index contributed by atoms with van der Waals surface area (Å²) in [6.45, 7) is 2.54. The Labute approximate surface area is 137 Å². The number of carbonyl (C=O) groups is 2. The molecule has 1 amide bonds. The van der Waals surface area contributed by atoms with Gasteiger partial charge in [-0.25, -0.2) is 14.4 Å². The van der Waals surface area contributed by atoms with Crippen molar-refractivity contribution >= 4 is 17.8 Å². The van der Waals surface area contributed by atoms with Crippen LogP contribution in [0.3, 0.4) is 0 Å². The standard InChI is InChI=1S/C16H17FN4O3/c1-2-18-16-19-8-11(9-20-16)15(24)21-13(7-14(22)23)10-3-5-12(17)6-4-10/h3-6,8-9,13H,2,7H2,1H3,(H,21,24)(H,22,23)(H,18,19,20). The minimum Gasteiger partial charge on any atom is -0.481 e. The number of rotatable bonds is 7. The van der Waals surface area contributed by atoms with E-state index >= 15 is 0 Å². The predicted molar refractivity (Wildman–Crippen MR) is 85.1 cm³/mol. The van der Waals surface area contributed by atoms with Gasteiger partial charge in [-0.05, 0) is 24.6 Å². The van der Waals surface area contributed by atoms with Crippen molar-refractivity contribution in [2.75, 3.05) is 11.9 Å². The lowest BCUT2D eigenvalue weighted by atomic mass is 10.0. The van der Waals surface area contributed by atoms with E-state index in [2.05, 4.69) is 20.6 Å². The highest BCUT2D eigenvalue weighted by molar-refractivity contribution is 5.94. The van der Waals surface area contributed by atoms with Gasteiger partial charge in [0.05, 0.1) is 18.0 Å². The maximum atomic E-state index is 13.0. The number of hydrogen-bond donors (Lipinski definition) is 3. The normalized spacial score (nSPS) is 11.6. The molecule has 3 N–H and O–H groups in total. The van der Waals surface area contributed by atoms with Crippen molar-refractivity contribution in [2.24, 2.45) is 0 Å². The van der Waals surface area contributed by atoms with Gasteiger partial charge >= 0.3 is 5.97 Å². The van der Waals surface area contributed by atoms with E-state index in [-0.39, 0.29) is 12.0 Å². The van der Waals surface area contributed by atoms with E-state index in [9.17, 15) is 14.0 Å². The molecular weight excluding hydrogens is 315 g/mol. The van der Waals surface area contributed by atoms with Crippen molar-refractivity contribution in [2.45, 2.75) is 19.4 Å². The quantitative estimate of drug-likeness (QED) is 0.716. The topological polar surface area (TPSA) is 104 Å². The molecule has 1 heterocycles. The zero-order chi connectivity index (χ0) is 17.5. The fourth-order valence-corrected chi connectivity index (χ4v) is 2.06. The van der Waals surface area contributed by atoms with Crippen molar-refractivity contribution < 1.29 is 19.1 Å². The second-order valence-electron chi connectivity index (χ2n) is 5.00. The Morgan fingerprint density at radius 2 is 1.83 bits per heavy atom. The molecule has 1 atom stereocenters. The van der Waals surface area contributed by atoms with Crippen molar-refractivity contribution in [1.82, 2.24) is 15.3 Å². The van der Waals surface area contributed by atoms with E-state index in [1.165, 1.54) is 36.7 Å². The molecule has 1 unspecified atom stereocenters. The molecule has 1 aromatic heterocycles. The largest absolute Gasteiger partial charge is 0.481 e. The molecule has 0 aliphatic carbocycles. The third-order valence-electron chi connectivity index (χ3n) is 3.21. The summed E-state index contributed by atoms with van der Waals surface area (Å²) in [5, 5.41) is 14.5. The fourth-order valence-electron chi connectivity index (χ4n) is 2.06. The number of halogens is 1. The summed E-state index contributed by atoms with van der Waals surface area (Å²) < 4.78 is 13.0. The first-order valence-electron chi connectivity index (χ1n) is 7.33. The Morgan fingerprint density at radius 1 is 1.21 bits per heavy atom. The maximum Gasteiger partial charge on any atom is 0.305 e. The molecule has 2 rings (SSSR count). The number of carboxylic acid groups (broad SMARTS) is 1. The number of anilines is 1.